The van der Waals surface area contributed by atoms with Crippen LogP contribution in [0.5, 0.6) is 0 Å². The number of rotatable bonds is 1. The van der Waals surface area contributed by atoms with Crippen LogP contribution in [0.1, 0.15) is 25.8 Å². The van der Waals surface area contributed by atoms with Gasteiger partial charge in [-0.05, 0) is 29.5 Å². The summed E-state index contributed by atoms with van der Waals surface area (Å²) in [5, 5.41) is 9.37. The molecule has 0 radical (unpaired) electrons. The number of aromatic amines is 1. The van der Waals surface area contributed by atoms with Gasteiger partial charge in [0.05, 0.1) is 17.0 Å². The number of nitriles is 1. The third-order valence-electron chi connectivity index (χ3n) is 3.84. The number of hydrogen-bond acceptors (Lipinski definition) is 3. The topological polar surface area (TPSA) is 69.8 Å². The molecule has 86 valence electrons. The summed E-state index contributed by atoms with van der Waals surface area (Å²) in [5.74, 6) is -0.460. The number of oxazole rings is 1. The van der Waals surface area contributed by atoms with Gasteiger partial charge in [0.1, 0.15) is 0 Å². The Hall–Kier alpha value is -2.02. The number of aromatic nitrogens is 1. The summed E-state index contributed by atoms with van der Waals surface area (Å²) in [4.78, 5) is 13.7. The normalized spacial score (nSPS) is 25.7. The molecule has 17 heavy (non-hydrogen) atoms. The van der Waals surface area contributed by atoms with E-state index in [-0.39, 0.29) is 5.41 Å². The van der Waals surface area contributed by atoms with E-state index in [1.807, 2.05) is 6.07 Å². The summed E-state index contributed by atoms with van der Waals surface area (Å²) in [6.07, 6.45) is 0.844. The minimum atomic E-state index is -0.460. The molecule has 0 saturated heterocycles. The highest BCUT2D eigenvalue weighted by Crippen LogP contribution is 2.63. The van der Waals surface area contributed by atoms with Gasteiger partial charge >= 0.3 is 5.76 Å². The maximum absolute atomic E-state index is 11.1. The maximum atomic E-state index is 11.1. The van der Waals surface area contributed by atoms with Crippen molar-refractivity contribution in [3.05, 3.63) is 34.3 Å². The molecule has 1 aliphatic rings. The van der Waals surface area contributed by atoms with Crippen molar-refractivity contribution in [3.8, 4) is 6.07 Å². The van der Waals surface area contributed by atoms with E-state index in [0.717, 1.165) is 12.0 Å². The molecule has 0 spiro atoms. The quantitative estimate of drug-likeness (QED) is 0.814. The zero-order valence-electron chi connectivity index (χ0n) is 9.70. The smallest absolute Gasteiger partial charge is 0.408 e. The van der Waals surface area contributed by atoms with E-state index in [4.69, 9.17) is 4.42 Å². The van der Waals surface area contributed by atoms with Crippen LogP contribution in [0.3, 0.4) is 0 Å². The molecule has 3 rings (SSSR count). The molecule has 1 unspecified atom stereocenters. The van der Waals surface area contributed by atoms with Crippen molar-refractivity contribution in [3.63, 3.8) is 0 Å². The Morgan fingerprint density at radius 3 is 2.76 bits per heavy atom. The molecule has 0 bridgehead atoms. The lowest BCUT2D eigenvalue weighted by Gasteiger charge is -2.11. The van der Waals surface area contributed by atoms with E-state index >= 15 is 0 Å². The number of fused-ring (bicyclic) bond motifs is 1. The highest BCUT2D eigenvalue weighted by Gasteiger charge is 2.63. The Morgan fingerprint density at radius 2 is 2.18 bits per heavy atom. The van der Waals surface area contributed by atoms with E-state index in [2.05, 4.69) is 24.9 Å². The van der Waals surface area contributed by atoms with Crippen molar-refractivity contribution in [2.24, 2.45) is 5.41 Å². The first-order chi connectivity index (χ1) is 7.98. The second kappa shape index (κ2) is 2.80. The molecule has 1 aliphatic carbocycles. The molecule has 0 aliphatic heterocycles. The van der Waals surface area contributed by atoms with E-state index < -0.39 is 11.2 Å². The molecule has 1 fully saturated rings. The standard InChI is InChI=1S/C13H12N2O2/c1-12(2)6-13(12,7-14)8-3-4-9-10(5-8)17-11(16)15-9/h3-5H,6H2,1-2H3,(H,15,16). The lowest BCUT2D eigenvalue weighted by molar-refractivity contribution is 0.551. The number of nitrogens with zero attached hydrogens (tertiary/aromatic N) is 1. The Kier molecular flexibility index (Phi) is 1.68. The zero-order valence-corrected chi connectivity index (χ0v) is 9.70. The summed E-state index contributed by atoms with van der Waals surface area (Å²) >= 11 is 0. The highest BCUT2D eigenvalue weighted by molar-refractivity contribution is 5.74. The van der Waals surface area contributed by atoms with Gasteiger partial charge in [-0.15, -0.1) is 0 Å². The predicted octanol–water partition coefficient (Wildman–Crippen LogP) is 2.31. The molecular formula is C13H12N2O2. The van der Waals surface area contributed by atoms with Gasteiger partial charge in [0, 0.05) is 0 Å². The fourth-order valence-electron chi connectivity index (χ4n) is 2.58. The summed E-state index contributed by atoms with van der Waals surface area (Å²) in [5.41, 5.74) is 1.68. The monoisotopic (exact) mass is 228 g/mol. The van der Waals surface area contributed by atoms with E-state index in [0.29, 0.717) is 11.1 Å². The number of nitrogens with one attached hydrogen (secondary N) is 1. The van der Waals surface area contributed by atoms with Crippen LogP contribution in [0.25, 0.3) is 11.1 Å². The fraction of sp³-hybridized carbons (Fsp3) is 0.385. The summed E-state index contributed by atoms with van der Waals surface area (Å²) in [7, 11) is 0. The maximum Gasteiger partial charge on any atom is 0.417 e. The van der Waals surface area contributed by atoms with Crippen molar-refractivity contribution in [2.75, 3.05) is 0 Å². The van der Waals surface area contributed by atoms with E-state index in [9.17, 15) is 10.1 Å². The third kappa shape index (κ3) is 1.19. The molecule has 4 nitrogen and oxygen atoms in total. The molecule has 1 aromatic heterocycles. The van der Waals surface area contributed by atoms with Gasteiger partial charge in [-0.1, -0.05) is 19.9 Å². The van der Waals surface area contributed by atoms with Crippen molar-refractivity contribution < 1.29 is 4.42 Å². The second-order valence-corrected chi connectivity index (χ2v) is 5.30. The number of hydrogen-bond donors (Lipinski definition) is 1. The molecule has 1 aromatic carbocycles. The first-order valence-electron chi connectivity index (χ1n) is 5.53. The SMILES string of the molecule is CC1(C)CC1(C#N)c1ccc2[nH]c(=O)oc2c1. The van der Waals surface area contributed by atoms with Crippen LogP contribution in [0.4, 0.5) is 0 Å². The van der Waals surface area contributed by atoms with Crippen LogP contribution in [-0.2, 0) is 5.41 Å². The van der Waals surface area contributed by atoms with Crippen molar-refractivity contribution in [2.45, 2.75) is 25.7 Å². The predicted molar refractivity (Wildman–Crippen MR) is 62.5 cm³/mol. The lowest BCUT2D eigenvalue weighted by atomic mass is 9.89. The Morgan fingerprint density at radius 1 is 1.47 bits per heavy atom. The van der Waals surface area contributed by atoms with Crippen LogP contribution in [0, 0.1) is 16.7 Å². The van der Waals surface area contributed by atoms with Gasteiger partial charge in [-0.3, -0.25) is 4.98 Å². The van der Waals surface area contributed by atoms with Gasteiger partial charge < -0.3 is 4.42 Å². The molecular weight excluding hydrogens is 216 g/mol. The van der Waals surface area contributed by atoms with Crippen LogP contribution < -0.4 is 5.76 Å². The molecule has 4 heteroatoms. The minimum Gasteiger partial charge on any atom is -0.408 e. The fourth-order valence-corrected chi connectivity index (χ4v) is 2.58. The molecule has 1 atom stereocenters. The average molecular weight is 228 g/mol. The summed E-state index contributed by atoms with van der Waals surface area (Å²) in [6, 6.07) is 7.89. The van der Waals surface area contributed by atoms with E-state index in [1.54, 1.807) is 12.1 Å². The zero-order chi connectivity index (χ0) is 12.3. The van der Waals surface area contributed by atoms with E-state index in [1.165, 1.54) is 0 Å². The second-order valence-electron chi connectivity index (χ2n) is 5.30. The molecule has 2 aromatic rings. The highest BCUT2D eigenvalue weighted by atomic mass is 16.4. The minimum absolute atomic E-state index is 0.00791. The first-order valence-corrected chi connectivity index (χ1v) is 5.53. The van der Waals surface area contributed by atoms with Gasteiger partial charge in [0.15, 0.2) is 5.58 Å². The van der Waals surface area contributed by atoms with Crippen LogP contribution in [0.15, 0.2) is 27.4 Å². The van der Waals surface area contributed by atoms with Crippen LogP contribution in [-0.4, -0.2) is 4.98 Å². The van der Waals surface area contributed by atoms with Gasteiger partial charge in [-0.25, -0.2) is 4.79 Å². The van der Waals surface area contributed by atoms with Crippen molar-refractivity contribution in [1.82, 2.24) is 4.98 Å². The molecule has 1 heterocycles. The van der Waals surface area contributed by atoms with Crippen LogP contribution in [0.2, 0.25) is 0 Å². The van der Waals surface area contributed by atoms with Gasteiger partial charge in [-0.2, -0.15) is 5.26 Å². The Bertz CT molecular complexity index is 702. The average Bonchev–Trinajstić information content (AvgIpc) is 2.65. The van der Waals surface area contributed by atoms with Crippen LogP contribution >= 0.6 is 0 Å². The van der Waals surface area contributed by atoms with Gasteiger partial charge in [0.25, 0.3) is 0 Å². The van der Waals surface area contributed by atoms with Gasteiger partial charge in [0.2, 0.25) is 0 Å². The Balaban J connectivity index is 2.20. The number of H-pyrrole nitrogens is 1. The third-order valence-corrected chi connectivity index (χ3v) is 3.84. The lowest BCUT2D eigenvalue weighted by Crippen LogP contribution is -2.11. The molecule has 1 N–H and O–H groups in total. The number of benzene rings is 1. The largest absolute Gasteiger partial charge is 0.417 e. The molecule has 0 amide bonds. The summed E-state index contributed by atoms with van der Waals surface area (Å²) in [6.45, 7) is 4.15. The molecule has 1 saturated carbocycles. The summed E-state index contributed by atoms with van der Waals surface area (Å²) < 4.78 is 5.02. The Labute approximate surface area is 97.9 Å². The van der Waals surface area contributed by atoms with Crippen molar-refractivity contribution in [1.29, 1.82) is 5.26 Å². The van der Waals surface area contributed by atoms with Crippen molar-refractivity contribution >= 4 is 11.1 Å². The first kappa shape index (κ1) is 10.2.